The number of carbonyl (C=O) groups excluding carboxylic acids is 1. The summed E-state index contributed by atoms with van der Waals surface area (Å²) in [5.41, 5.74) is -0.264. The Kier molecular flexibility index (Phi) is 4.85. The van der Waals surface area contributed by atoms with E-state index in [0.717, 1.165) is 0 Å². The molecule has 3 aromatic rings. The minimum absolute atomic E-state index is 0.239. The van der Waals surface area contributed by atoms with Crippen molar-refractivity contribution in [2.75, 3.05) is 24.3 Å². The van der Waals surface area contributed by atoms with E-state index in [4.69, 9.17) is 4.42 Å². The number of halogens is 3. The van der Waals surface area contributed by atoms with E-state index in [2.05, 4.69) is 15.3 Å². The van der Waals surface area contributed by atoms with Crippen molar-refractivity contribution in [2.45, 2.75) is 6.18 Å². The van der Waals surface area contributed by atoms with Crippen LogP contribution in [0.4, 0.5) is 24.7 Å². The molecule has 0 bridgehead atoms. The summed E-state index contributed by atoms with van der Waals surface area (Å²) in [6.07, 6.45) is -3.52. The first-order valence-electron chi connectivity index (χ1n) is 7.84. The fourth-order valence-electron chi connectivity index (χ4n) is 2.29. The van der Waals surface area contributed by atoms with Crippen LogP contribution in [0, 0.1) is 0 Å². The molecule has 0 radical (unpaired) electrons. The average molecular weight is 376 g/mol. The number of nitrogens with zero attached hydrogens (tertiary/aromatic N) is 3. The molecule has 0 aliphatic carbocycles. The second-order valence-electron chi connectivity index (χ2n) is 5.81. The maximum absolute atomic E-state index is 13.3. The lowest BCUT2D eigenvalue weighted by molar-refractivity contribution is -0.153. The van der Waals surface area contributed by atoms with Gasteiger partial charge >= 0.3 is 6.18 Å². The standard InChI is InChI=1S/C18H15F3N4O2/c1-25(2)13-9-8-12(10-22-13)23-16(26)14-15(18(19,20)21)27-17(24-14)11-6-4-3-5-7-11/h3-10H,1-2H3,(H,23,26). The normalized spacial score (nSPS) is 11.3. The van der Waals surface area contributed by atoms with Gasteiger partial charge in [0.2, 0.25) is 11.7 Å². The summed E-state index contributed by atoms with van der Waals surface area (Å²) < 4.78 is 44.7. The molecule has 0 aliphatic heterocycles. The Morgan fingerprint density at radius 1 is 1.11 bits per heavy atom. The Balaban J connectivity index is 1.92. The molecule has 0 atom stereocenters. The van der Waals surface area contributed by atoms with Gasteiger partial charge in [0.1, 0.15) is 5.82 Å². The third-order valence-electron chi connectivity index (χ3n) is 3.58. The van der Waals surface area contributed by atoms with Gasteiger partial charge in [-0.05, 0) is 24.3 Å². The minimum atomic E-state index is -4.86. The maximum atomic E-state index is 13.3. The summed E-state index contributed by atoms with van der Waals surface area (Å²) in [6, 6.07) is 11.2. The predicted molar refractivity (Wildman–Crippen MR) is 93.5 cm³/mol. The van der Waals surface area contributed by atoms with E-state index in [1.54, 1.807) is 43.3 Å². The number of benzene rings is 1. The first-order chi connectivity index (χ1) is 12.8. The van der Waals surface area contributed by atoms with E-state index in [0.29, 0.717) is 11.4 Å². The number of pyridine rings is 1. The van der Waals surface area contributed by atoms with E-state index in [-0.39, 0.29) is 11.6 Å². The molecule has 140 valence electrons. The molecule has 0 unspecified atom stereocenters. The van der Waals surface area contributed by atoms with Crippen LogP contribution < -0.4 is 10.2 Å². The van der Waals surface area contributed by atoms with Gasteiger partial charge in [0.05, 0.1) is 11.9 Å². The number of nitrogens with one attached hydrogen (secondary N) is 1. The van der Waals surface area contributed by atoms with Crippen molar-refractivity contribution >= 4 is 17.4 Å². The summed E-state index contributed by atoms with van der Waals surface area (Å²) in [6.45, 7) is 0. The van der Waals surface area contributed by atoms with Gasteiger partial charge in [-0.15, -0.1) is 0 Å². The molecule has 9 heteroatoms. The van der Waals surface area contributed by atoms with Crippen molar-refractivity contribution < 1.29 is 22.4 Å². The van der Waals surface area contributed by atoms with Gasteiger partial charge in [0, 0.05) is 19.7 Å². The Morgan fingerprint density at radius 2 is 1.81 bits per heavy atom. The second-order valence-corrected chi connectivity index (χ2v) is 5.81. The molecule has 3 rings (SSSR count). The predicted octanol–water partition coefficient (Wildman–Crippen LogP) is 4.07. The van der Waals surface area contributed by atoms with Crippen LogP contribution in [-0.2, 0) is 6.18 Å². The van der Waals surface area contributed by atoms with Crippen LogP contribution in [0.25, 0.3) is 11.5 Å². The van der Waals surface area contributed by atoms with Crippen molar-refractivity contribution in [1.29, 1.82) is 0 Å². The largest absolute Gasteiger partial charge is 0.452 e. The number of amides is 1. The summed E-state index contributed by atoms with van der Waals surface area (Å²) in [5.74, 6) is -2.13. The number of rotatable bonds is 4. The Hall–Kier alpha value is -3.36. The zero-order chi connectivity index (χ0) is 19.6. The van der Waals surface area contributed by atoms with Crippen LogP contribution in [-0.4, -0.2) is 30.0 Å². The number of oxazole rings is 1. The summed E-state index contributed by atoms with van der Waals surface area (Å²) in [7, 11) is 3.58. The highest BCUT2D eigenvalue weighted by atomic mass is 19.4. The van der Waals surface area contributed by atoms with Crippen LogP contribution in [0.15, 0.2) is 53.1 Å². The van der Waals surface area contributed by atoms with Crippen molar-refractivity contribution in [2.24, 2.45) is 0 Å². The summed E-state index contributed by atoms with van der Waals surface area (Å²) >= 11 is 0. The molecule has 1 aromatic carbocycles. The molecular formula is C18H15F3N4O2. The van der Waals surface area contributed by atoms with E-state index in [1.165, 1.54) is 24.4 Å². The van der Waals surface area contributed by atoms with Gasteiger partial charge in [0.25, 0.3) is 5.91 Å². The molecule has 0 spiro atoms. The zero-order valence-electron chi connectivity index (χ0n) is 14.4. The van der Waals surface area contributed by atoms with Crippen LogP contribution in [0.1, 0.15) is 16.2 Å². The molecule has 27 heavy (non-hydrogen) atoms. The second kappa shape index (κ2) is 7.10. The number of alkyl halides is 3. The topological polar surface area (TPSA) is 71.3 Å². The van der Waals surface area contributed by atoms with Crippen LogP contribution >= 0.6 is 0 Å². The van der Waals surface area contributed by atoms with Gasteiger partial charge in [-0.25, -0.2) is 9.97 Å². The van der Waals surface area contributed by atoms with Crippen LogP contribution in [0.3, 0.4) is 0 Å². The number of hydrogen-bond acceptors (Lipinski definition) is 5. The highest BCUT2D eigenvalue weighted by Crippen LogP contribution is 2.35. The molecule has 1 amide bonds. The SMILES string of the molecule is CN(C)c1ccc(NC(=O)c2nc(-c3ccccc3)oc2C(F)(F)F)cn1. The fraction of sp³-hybridized carbons (Fsp3) is 0.167. The first kappa shape index (κ1) is 18.4. The molecule has 1 N–H and O–H groups in total. The number of hydrogen-bond donors (Lipinski definition) is 1. The lowest BCUT2D eigenvalue weighted by Crippen LogP contribution is -2.18. The molecule has 0 fully saturated rings. The van der Waals surface area contributed by atoms with Crippen molar-refractivity contribution in [3.8, 4) is 11.5 Å². The monoisotopic (exact) mass is 376 g/mol. The molecule has 0 saturated carbocycles. The third-order valence-corrected chi connectivity index (χ3v) is 3.58. The van der Waals surface area contributed by atoms with Crippen molar-refractivity contribution in [3.05, 3.63) is 60.1 Å². The quantitative estimate of drug-likeness (QED) is 0.743. The molecule has 6 nitrogen and oxygen atoms in total. The fourth-order valence-corrected chi connectivity index (χ4v) is 2.29. The van der Waals surface area contributed by atoms with Gasteiger partial charge in [-0.1, -0.05) is 18.2 Å². The Morgan fingerprint density at radius 3 is 2.37 bits per heavy atom. The van der Waals surface area contributed by atoms with E-state index < -0.39 is 23.5 Å². The first-order valence-corrected chi connectivity index (χ1v) is 7.84. The van der Waals surface area contributed by atoms with Gasteiger partial charge in [0.15, 0.2) is 5.69 Å². The smallest absolute Gasteiger partial charge is 0.431 e. The lowest BCUT2D eigenvalue weighted by atomic mass is 10.2. The van der Waals surface area contributed by atoms with E-state index in [9.17, 15) is 18.0 Å². The lowest BCUT2D eigenvalue weighted by Gasteiger charge is -2.11. The third kappa shape index (κ3) is 4.08. The summed E-state index contributed by atoms with van der Waals surface area (Å²) in [4.78, 5) is 22.0. The number of carbonyl (C=O) groups is 1. The number of aromatic nitrogens is 2. The highest BCUT2D eigenvalue weighted by molar-refractivity contribution is 6.04. The average Bonchev–Trinajstić information content (AvgIpc) is 3.09. The molecule has 0 saturated heterocycles. The van der Waals surface area contributed by atoms with E-state index >= 15 is 0 Å². The molecule has 2 aromatic heterocycles. The van der Waals surface area contributed by atoms with Crippen LogP contribution in [0.2, 0.25) is 0 Å². The van der Waals surface area contributed by atoms with Crippen molar-refractivity contribution in [3.63, 3.8) is 0 Å². The van der Waals surface area contributed by atoms with Gasteiger partial charge in [-0.2, -0.15) is 13.2 Å². The molecular weight excluding hydrogens is 361 g/mol. The number of anilines is 2. The van der Waals surface area contributed by atoms with Gasteiger partial charge < -0.3 is 14.6 Å². The Labute approximate surface area is 152 Å². The van der Waals surface area contributed by atoms with Crippen molar-refractivity contribution in [1.82, 2.24) is 9.97 Å². The van der Waals surface area contributed by atoms with E-state index in [1.807, 2.05) is 0 Å². The molecule has 0 aliphatic rings. The minimum Gasteiger partial charge on any atom is -0.431 e. The highest BCUT2D eigenvalue weighted by Gasteiger charge is 2.42. The van der Waals surface area contributed by atoms with Gasteiger partial charge in [-0.3, -0.25) is 4.79 Å². The summed E-state index contributed by atoms with van der Waals surface area (Å²) in [5, 5.41) is 2.36. The zero-order valence-corrected chi connectivity index (χ0v) is 14.4. The molecule has 2 heterocycles. The van der Waals surface area contributed by atoms with Crippen LogP contribution in [0.5, 0.6) is 0 Å². The Bertz CT molecular complexity index is 935. The maximum Gasteiger partial charge on any atom is 0.452 e.